The summed E-state index contributed by atoms with van der Waals surface area (Å²) in [6, 6.07) is 4.46. The summed E-state index contributed by atoms with van der Waals surface area (Å²) in [6.07, 6.45) is 6.38. The van der Waals surface area contributed by atoms with Crippen LogP contribution in [0.25, 0.3) is 0 Å². The molecule has 1 fully saturated rings. The Morgan fingerprint density at radius 2 is 2.11 bits per heavy atom. The third kappa shape index (κ3) is 3.22. The molecule has 0 radical (unpaired) electrons. The molecule has 2 atom stereocenters. The van der Waals surface area contributed by atoms with Crippen LogP contribution in [0, 0.1) is 11.7 Å². The first-order valence-electron chi connectivity index (χ1n) is 6.86. The van der Waals surface area contributed by atoms with Gasteiger partial charge in [-0.15, -0.1) is 0 Å². The summed E-state index contributed by atoms with van der Waals surface area (Å²) in [5.41, 5.74) is 7.20. The number of nitrogens with two attached hydrogens (primary N) is 1. The van der Waals surface area contributed by atoms with E-state index in [1.807, 2.05) is 0 Å². The van der Waals surface area contributed by atoms with Crippen LogP contribution in [0.4, 0.5) is 10.1 Å². The Labute approximate surface area is 108 Å². The molecule has 2 nitrogen and oxygen atoms in total. The minimum Gasteiger partial charge on any atom is -0.398 e. The lowest BCUT2D eigenvalue weighted by Gasteiger charge is -2.30. The van der Waals surface area contributed by atoms with Gasteiger partial charge in [0, 0.05) is 11.3 Å². The van der Waals surface area contributed by atoms with Crippen molar-refractivity contribution >= 4 is 5.69 Å². The molecule has 100 valence electrons. The molecule has 3 heteroatoms. The van der Waals surface area contributed by atoms with Gasteiger partial charge in [-0.25, -0.2) is 4.39 Å². The third-order valence-electron chi connectivity index (χ3n) is 3.92. The highest BCUT2D eigenvalue weighted by Crippen LogP contribution is 2.30. The van der Waals surface area contributed by atoms with E-state index in [2.05, 4.69) is 6.92 Å². The van der Waals surface area contributed by atoms with E-state index in [0.29, 0.717) is 24.3 Å². The van der Waals surface area contributed by atoms with Crippen LogP contribution in [-0.2, 0) is 11.3 Å². The molecule has 2 N–H and O–H groups in total. The minimum absolute atomic E-state index is 0.251. The van der Waals surface area contributed by atoms with Crippen LogP contribution in [0.2, 0.25) is 0 Å². The van der Waals surface area contributed by atoms with Gasteiger partial charge in [-0.2, -0.15) is 0 Å². The van der Waals surface area contributed by atoms with Crippen LogP contribution in [0.3, 0.4) is 0 Å². The van der Waals surface area contributed by atoms with Crippen molar-refractivity contribution in [3.63, 3.8) is 0 Å². The number of hydrogen-bond donors (Lipinski definition) is 1. The fraction of sp³-hybridized carbons (Fsp3) is 0.600. The van der Waals surface area contributed by atoms with Crippen molar-refractivity contribution in [2.24, 2.45) is 5.92 Å². The first kappa shape index (κ1) is 13.3. The van der Waals surface area contributed by atoms with E-state index >= 15 is 0 Å². The number of ether oxygens (including phenoxy) is 1. The Morgan fingerprint density at radius 1 is 1.33 bits per heavy atom. The Hall–Kier alpha value is -1.09. The van der Waals surface area contributed by atoms with Crippen LogP contribution in [0.5, 0.6) is 0 Å². The van der Waals surface area contributed by atoms with Gasteiger partial charge in [-0.3, -0.25) is 0 Å². The molecular formula is C15H22FNO. The van der Waals surface area contributed by atoms with Gasteiger partial charge in [0.1, 0.15) is 5.82 Å². The highest BCUT2D eigenvalue weighted by Gasteiger charge is 2.24. The Balaban J connectivity index is 1.95. The molecule has 0 amide bonds. The van der Waals surface area contributed by atoms with E-state index in [0.717, 1.165) is 18.4 Å². The van der Waals surface area contributed by atoms with E-state index in [1.54, 1.807) is 6.07 Å². The first-order valence-corrected chi connectivity index (χ1v) is 6.86. The van der Waals surface area contributed by atoms with Gasteiger partial charge in [0.25, 0.3) is 0 Å². The summed E-state index contributed by atoms with van der Waals surface area (Å²) in [4.78, 5) is 0. The molecule has 0 aromatic heterocycles. The van der Waals surface area contributed by atoms with Gasteiger partial charge in [-0.05, 0) is 37.0 Å². The lowest BCUT2D eigenvalue weighted by atomic mass is 9.85. The summed E-state index contributed by atoms with van der Waals surface area (Å²) in [5, 5.41) is 0. The third-order valence-corrected chi connectivity index (χ3v) is 3.92. The molecular weight excluding hydrogens is 229 g/mol. The normalized spacial score (nSPS) is 24.1. The number of rotatable bonds is 4. The van der Waals surface area contributed by atoms with Crippen LogP contribution < -0.4 is 5.73 Å². The molecule has 1 aromatic carbocycles. The standard InChI is InChI=1S/C15H22FNO/c1-2-11-5-3-4-6-15(11)18-10-12-9-13(16)7-8-14(12)17/h7-9,11,15H,2-6,10,17H2,1H3. The van der Waals surface area contributed by atoms with Crippen molar-refractivity contribution in [3.05, 3.63) is 29.6 Å². The summed E-state index contributed by atoms with van der Waals surface area (Å²) in [6.45, 7) is 2.63. The molecule has 1 aliphatic carbocycles. The molecule has 0 bridgehead atoms. The Bertz CT molecular complexity index is 394. The van der Waals surface area contributed by atoms with E-state index in [-0.39, 0.29) is 5.82 Å². The highest BCUT2D eigenvalue weighted by atomic mass is 19.1. The number of anilines is 1. The maximum atomic E-state index is 13.1. The fourth-order valence-electron chi connectivity index (χ4n) is 2.76. The predicted octanol–water partition coefficient (Wildman–Crippen LogP) is 3.89. The smallest absolute Gasteiger partial charge is 0.123 e. The second kappa shape index (κ2) is 6.19. The summed E-state index contributed by atoms with van der Waals surface area (Å²) in [5.74, 6) is 0.395. The van der Waals surface area contributed by atoms with Gasteiger partial charge < -0.3 is 10.5 Å². The van der Waals surface area contributed by atoms with E-state index < -0.39 is 0 Å². The zero-order valence-electron chi connectivity index (χ0n) is 11.0. The molecule has 2 unspecified atom stereocenters. The maximum absolute atomic E-state index is 13.1. The molecule has 1 aliphatic rings. The molecule has 0 aliphatic heterocycles. The molecule has 2 rings (SSSR count). The number of nitrogen functional groups attached to an aromatic ring is 1. The zero-order chi connectivity index (χ0) is 13.0. The maximum Gasteiger partial charge on any atom is 0.123 e. The summed E-state index contributed by atoms with van der Waals surface area (Å²) >= 11 is 0. The van der Waals surface area contributed by atoms with E-state index in [9.17, 15) is 4.39 Å². The number of benzene rings is 1. The topological polar surface area (TPSA) is 35.2 Å². The molecule has 0 heterocycles. The predicted molar refractivity (Wildman–Crippen MR) is 71.6 cm³/mol. The van der Waals surface area contributed by atoms with Crippen LogP contribution in [0.1, 0.15) is 44.6 Å². The van der Waals surface area contributed by atoms with Crippen molar-refractivity contribution in [1.29, 1.82) is 0 Å². The van der Waals surface area contributed by atoms with E-state index in [1.165, 1.54) is 31.4 Å². The van der Waals surface area contributed by atoms with Crippen LogP contribution in [0.15, 0.2) is 18.2 Å². The van der Waals surface area contributed by atoms with Crippen molar-refractivity contribution < 1.29 is 9.13 Å². The summed E-state index contributed by atoms with van der Waals surface area (Å²) in [7, 11) is 0. The number of halogens is 1. The highest BCUT2D eigenvalue weighted by molar-refractivity contribution is 5.46. The Kier molecular flexibility index (Phi) is 4.59. The zero-order valence-corrected chi connectivity index (χ0v) is 11.0. The van der Waals surface area contributed by atoms with Gasteiger partial charge in [-0.1, -0.05) is 26.2 Å². The molecule has 18 heavy (non-hydrogen) atoms. The second-order valence-electron chi connectivity index (χ2n) is 5.15. The first-order chi connectivity index (χ1) is 8.70. The molecule has 1 aromatic rings. The van der Waals surface area contributed by atoms with Crippen molar-refractivity contribution in [2.45, 2.75) is 51.7 Å². The lowest BCUT2D eigenvalue weighted by Crippen LogP contribution is -2.27. The largest absolute Gasteiger partial charge is 0.398 e. The van der Waals surface area contributed by atoms with Crippen molar-refractivity contribution in [1.82, 2.24) is 0 Å². The van der Waals surface area contributed by atoms with Crippen LogP contribution >= 0.6 is 0 Å². The molecule has 1 saturated carbocycles. The lowest BCUT2D eigenvalue weighted by molar-refractivity contribution is -0.0220. The second-order valence-corrected chi connectivity index (χ2v) is 5.15. The molecule has 0 saturated heterocycles. The van der Waals surface area contributed by atoms with Crippen LogP contribution in [-0.4, -0.2) is 6.10 Å². The SMILES string of the molecule is CCC1CCCCC1OCc1cc(F)ccc1N. The van der Waals surface area contributed by atoms with Gasteiger partial charge in [0.2, 0.25) is 0 Å². The summed E-state index contributed by atoms with van der Waals surface area (Å²) < 4.78 is 19.1. The van der Waals surface area contributed by atoms with Crippen molar-refractivity contribution in [2.75, 3.05) is 5.73 Å². The average molecular weight is 251 g/mol. The van der Waals surface area contributed by atoms with E-state index in [4.69, 9.17) is 10.5 Å². The average Bonchev–Trinajstić information content (AvgIpc) is 2.40. The molecule has 0 spiro atoms. The van der Waals surface area contributed by atoms with Crippen molar-refractivity contribution in [3.8, 4) is 0 Å². The fourth-order valence-corrected chi connectivity index (χ4v) is 2.76. The van der Waals surface area contributed by atoms with Gasteiger partial charge >= 0.3 is 0 Å². The monoisotopic (exact) mass is 251 g/mol. The Morgan fingerprint density at radius 3 is 2.89 bits per heavy atom. The van der Waals surface area contributed by atoms with Gasteiger partial charge in [0.15, 0.2) is 0 Å². The minimum atomic E-state index is -0.251. The quantitative estimate of drug-likeness (QED) is 0.824. The number of hydrogen-bond acceptors (Lipinski definition) is 2. The van der Waals surface area contributed by atoms with Gasteiger partial charge in [0.05, 0.1) is 12.7 Å².